The van der Waals surface area contributed by atoms with E-state index in [0.29, 0.717) is 30.6 Å². The SMILES string of the molecule is NC(=O)c1ccn(-c2ccccc2NC(=O)[C@@H]2CC[C@H](C(=O)O)C2)n1. The summed E-state index contributed by atoms with van der Waals surface area (Å²) >= 11 is 0. The average molecular weight is 342 g/mol. The van der Waals surface area contributed by atoms with Gasteiger partial charge in [0.05, 0.1) is 17.3 Å². The normalized spacial score (nSPS) is 19.5. The lowest BCUT2D eigenvalue weighted by molar-refractivity contribution is -0.141. The lowest BCUT2D eigenvalue weighted by atomic mass is 10.0. The summed E-state index contributed by atoms with van der Waals surface area (Å²) in [7, 11) is 0. The van der Waals surface area contributed by atoms with Gasteiger partial charge in [-0.2, -0.15) is 5.10 Å². The van der Waals surface area contributed by atoms with E-state index >= 15 is 0 Å². The van der Waals surface area contributed by atoms with Gasteiger partial charge >= 0.3 is 5.97 Å². The summed E-state index contributed by atoms with van der Waals surface area (Å²) in [5.41, 5.74) is 6.46. The Kier molecular flexibility index (Phi) is 4.51. The minimum absolute atomic E-state index is 0.126. The molecule has 0 bridgehead atoms. The Morgan fingerprint density at radius 2 is 1.88 bits per heavy atom. The van der Waals surface area contributed by atoms with E-state index in [4.69, 9.17) is 10.8 Å². The summed E-state index contributed by atoms with van der Waals surface area (Å²) in [6, 6.07) is 8.53. The molecule has 130 valence electrons. The van der Waals surface area contributed by atoms with Gasteiger partial charge in [0.1, 0.15) is 5.69 Å². The second kappa shape index (κ2) is 6.76. The zero-order valence-electron chi connectivity index (χ0n) is 13.4. The van der Waals surface area contributed by atoms with Crippen molar-refractivity contribution in [3.63, 3.8) is 0 Å². The Morgan fingerprint density at radius 3 is 2.52 bits per heavy atom. The number of carbonyl (C=O) groups excluding carboxylic acids is 2. The summed E-state index contributed by atoms with van der Waals surface area (Å²) in [6.07, 6.45) is 2.99. The molecule has 2 amide bonds. The Labute approximate surface area is 143 Å². The summed E-state index contributed by atoms with van der Waals surface area (Å²) in [4.78, 5) is 34.7. The fourth-order valence-corrected chi connectivity index (χ4v) is 3.05. The highest BCUT2D eigenvalue weighted by Crippen LogP contribution is 2.32. The van der Waals surface area contributed by atoms with Gasteiger partial charge < -0.3 is 16.2 Å². The monoisotopic (exact) mass is 342 g/mol. The van der Waals surface area contributed by atoms with Crippen molar-refractivity contribution < 1.29 is 19.5 Å². The summed E-state index contributed by atoms with van der Waals surface area (Å²) < 4.78 is 1.46. The highest BCUT2D eigenvalue weighted by Gasteiger charge is 2.34. The van der Waals surface area contributed by atoms with Crippen LogP contribution < -0.4 is 11.1 Å². The van der Waals surface area contributed by atoms with Crippen LogP contribution in [0.3, 0.4) is 0 Å². The lowest BCUT2D eigenvalue weighted by Gasteiger charge is -2.14. The van der Waals surface area contributed by atoms with Crippen LogP contribution in [0.2, 0.25) is 0 Å². The van der Waals surface area contributed by atoms with E-state index in [0.717, 1.165) is 0 Å². The molecule has 8 nitrogen and oxygen atoms in total. The number of carboxylic acids is 1. The second-order valence-electron chi connectivity index (χ2n) is 6.06. The van der Waals surface area contributed by atoms with Crippen LogP contribution in [0.4, 0.5) is 5.69 Å². The molecule has 1 aromatic heterocycles. The number of hydrogen-bond acceptors (Lipinski definition) is 4. The number of carbonyl (C=O) groups is 3. The van der Waals surface area contributed by atoms with E-state index in [1.165, 1.54) is 10.7 Å². The zero-order chi connectivity index (χ0) is 18.0. The molecule has 2 atom stereocenters. The average Bonchev–Trinajstić information content (AvgIpc) is 3.25. The van der Waals surface area contributed by atoms with E-state index < -0.39 is 17.8 Å². The predicted octanol–water partition coefficient (Wildman–Crippen LogP) is 1.41. The van der Waals surface area contributed by atoms with Gasteiger partial charge in [-0.3, -0.25) is 14.4 Å². The van der Waals surface area contributed by atoms with E-state index in [-0.39, 0.29) is 17.5 Å². The Balaban J connectivity index is 1.78. The third kappa shape index (κ3) is 3.52. The Bertz CT molecular complexity index is 830. The standard InChI is InChI=1S/C17H18N4O4/c18-15(22)13-7-8-21(20-13)14-4-2-1-3-12(14)19-16(23)10-5-6-11(9-10)17(24)25/h1-4,7-8,10-11H,5-6,9H2,(H2,18,22)(H,19,23)(H,24,25)/t10-,11+/m1/s1. The molecular formula is C17H18N4O4. The number of hydrogen-bond donors (Lipinski definition) is 3. The maximum atomic E-state index is 12.5. The first-order valence-corrected chi connectivity index (χ1v) is 7.94. The van der Waals surface area contributed by atoms with Crippen molar-refractivity contribution in [3.05, 3.63) is 42.2 Å². The molecule has 1 heterocycles. The summed E-state index contributed by atoms with van der Waals surface area (Å²) in [5.74, 6) is -2.49. The molecule has 1 saturated carbocycles. The van der Waals surface area contributed by atoms with Crippen LogP contribution in [-0.4, -0.2) is 32.7 Å². The molecule has 1 fully saturated rings. The van der Waals surface area contributed by atoms with Gasteiger partial charge in [-0.05, 0) is 37.5 Å². The van der Waals surface area contributed by atoms with E-state index in [9.17, 15) is 14.4 Å². The number of para-hydroxylation sites is 2. The van der Waals surface area contributed by atoms with E-state index in [1.807, 2.05) is 0 Å². The first kappa shape index (κ1) is 16.7. The number of benzene rings is 1. The highest BCUT2D eigenvalue weighted by molar-refractivity contribution is 5.95. The van der Waals surface area contributed by atoms with Crippen molar-refractivity contribution >= 4 is 23.5 Å². The van der Waals surface area contributed by atoms with Gasteiger partial charge in [0.2, 0.25) is 5.91 Å². The predicted molar refractivity (Wildman–Crippen MR) is 89.2 cm³/mol. The van der Waals surface area contributed by atoms with Crippen molar-refractivity contribution in [2.45, 2.75) is 19.3 Å². The largest absolute Gasteiger partial charge is 0.481 e. The number of nitrogens with one attached hydrogen (secondary N) is 1. The molecule has 25 heavy (non-hydrogen) atoms. The maximum Gasteiger partial charge on any atom is 0.306 e. The third-order valence-electron chi connectivity index (χ3n) is 4.40. The molecule has 4 N–H and O–H groups in total. The molecule has 0 aliphatic heterocycles. The second-order valence-corrected chi connectivity index (χ2v) is 6.06. The number of primary amides is 1. The number of amides is 2. The lowest BCUT2D eigenvalue weighted by Crippen LogP contribution is -2.22. The van der Waals surface area contributed by atoms with Gasteiger partial charge in [0, 0.05) is 12.1 Å². The van der Waals surface area contributed by atoms with Crippen molar-refractivity contribution in [3.8, 4) is 5.69 Å². The first-order valence-electron chi connectivity index (χ1n) is 7.94. The van der Waals surface area contributed by atoms with Gasteiger partial charge in [-0.1, -0.05) is 12.1 Å². The number of aromatic nitrogens is 2. The molecule has 0 spiro atoms. The number of rotatable bonds is 5. The fraction of sp³-hybridized carbons (Fsp3) is 0.294. The van der Waals surface area contributed by atoms with Crippen LogP contribution in [0.5, 0.6) is 0 Å². The summed E-state index contributed by atoms with van der Waals surface area (Å²) in [5, 5.41) is 16.0. The van der Waals surface area contributed by atoms with E-state index in [2.05, 4.69) is 10.4 Å². The molecular weight excluding hydrogens is 324 g/mol. The molecule has 1 aromatic carbocycles. The maximum absolute atomic E-state index is 12.5. The molecule has 8 heteroatoms. The number of aliphatic carboxylic acids is 1. The first-order chi connectivity index (χ1) is 12.0. The van der Waals surface area contributed by atoms with Crippen LogP contribution in [0.15, 0.2) is 36.5 Å². The number of nitrogens with zero attached hydrogens (tertiary/aromatic N) is 2. The fourth-order valence-electron chi connectivity index (χ4n) is 3.05. The van der Waals surface area contributed by atoms with E-state index in [1.54, 1.807) is 30.5 Å². The van der Waals surface area contributed by atoms with Crippen LogP contribution in [-0.2, 0) is 9.59 Å². The van der Waals surface area contributed by atoms with Gasteiger partial charge in [-0.25, -0.2) is 4.68 Å². The topological polar surface area (TPSA) is 127 Å². The van der Waals surface area contributed by atoms with Gasteiger partial charge in [-0.15, -0.1) is 0 Å². The molecule has 1 aliphatic carbocycles. The number of carboxylic acid groups (broad SMARTS) is 1. The summed E-state index contributed by atoms with van der Waals surface area (Å²) in [6.45, 7) is 0. The molecule has 0 saturated heterocycles. The Morgan fingerprint density at radius 1 is 1.16 bits per heavy atom. The highest BCUT2D eigenvalue weighted by atomic mass is 16.4. The van der Waals surface area contributed by atoms with Crippen LogP contribution >= 0.6 is 0 Å². The molecule has 1 aliphatic rings. The Hall–Kier alpha value is -3.16. The molecule has 3 rings (SSSR count). The molecule has 2 aromatic rings. The molecule has 0 radical (unpaired) electrons. The van der Waals surface area contributed by atoms with Crippen molar-refractivity contribution in [2.75, 3.05) is 5.32 Å². The van der Waals surface area contributed by atoms with Crippen molar-refractivity contribution in [1.82, 2.24) is 9.78 Å². The van der Waals surface area contributed by atoms with Gasteiger partial charge in [0.25, 0.3) is 5.91 Å². The smallest absolute Gasteiger partial charge is 0.306 e. The minimum atomic E-state index is -0.855. The zero-order valence-corrected chi connectivity index (χ0v) is 13.4. The van der Waals surface area contributed by atoms with Crippen molar-refractivity contribution in [1.29, 1.82) is 0 Å². The van der Waals surface area contributed by atoms with Crippen molar-refractivity contribution in [2.24, 2.45) is 17.6 Å². The third-order valence-corrected chi connectivity index (χ3v) is 4.40. The molecule has 0 unspecified atom stereocenters. The van der Waals surface area contributed by atoms with Crippen LogP contribution in [0.1, 0.15) is 29.8 Å². The minimum Gasteiger partial charge on any atom is -0.481 e. The van der Waals surface area contributed by atoms with Gasteiger partial charge in [0.15, 0.2) is 0 Å². The van der Waals surface area contributed by atoms with Crippen LogP contribution in [0, 0.1) is 11.8 Å². The quantitative estimate of drug-likeness (QED) is 0.757. The van der Waals surface area contributed by atoms with Crippen LogP contribution in [0.25, 0.3) is 5.69 Å². The number of anilines is 1. The number of nitrogens with two attached hydrogens (primary N) is 1.